The Labute approximate surface area is 190 Å². The van der Waals surface area contributed by atoms with Crippen molar-refractivity contribution in [2.24, 2.45) is 0 Å². The number of methoxy groups -OCH3 is 1. The number of nitrogens with zero attached hydrogens (tertiary/aromatic N) is 2. The van der Waals surface area contributed by atoms with Gasteiger partial charge in [0.05, 0.1) is 12.7 Å². The van der Waals surface area contributed by atoms with Crippen LogP contribution in [0.2, 0.25) is 0 Å². The van der Waals surface area contributed by atoms with Crippen molar-refractivity contribution in [3.63, 3.8) is 0 Å². The Bertz CT molecular complexity index is 1190. The van der Waals surface area contributed by atoms with Crippen LogP contribution in [0.15, 0.2) is 101 Å². The molecule has 0 aliphatic heterocycles. The van der Waals surface area contributed by atoms with E-state index in [1.165, 1.54) is 11.8 Å². The molecule has 0 unspecified atom stereocenters. The van der Waals surface area contributed by atoms with Gasteiger partial charge in [-0.1, -0.05) is 36.0 Å². The van der Waals surface area contributed by atoms with Crippen LogP contribution in [-0.4, -0.2) is 23.0 Å². The number of amides is 1. The molecule has 32 heavy (non-hydrogen) atoms. The fourth-order valence-corrected chi connectivity index (χ4v) is 3.86. The molecule has 0 saturated carbocycles. The number of hydrogen-bond acceptors (Lipinski definition) is 6. The summed E-state index contributed by atoms with van der Waals surface area (Å²) in [5.41, 5.74) is 2.02. The maximum absolute atomic E-state index is 13.0. The van der Waals surface area contributed by atoms with E-state index in [-0.39, 0.29) is 5.91 Å². The van der Waals surface area contributed by atoms with Crippen LogP contribution < -0.4 is 14.8 Å². The van der Waals surface area contributed by atoms with Crippen LogP contribution in [0.25, 0.3) is 0 Å². The van der Waals surface area contributed by atoms with Gasteiger partial charge in [-0.05, 0) is 42.5 Å². The minimum atomic E-state index is -0.250. The third kappa shape index (κ3) is 5.44. The molecule has 0 bridgehead atoms. The van der Waals surface area contributed by atoms with Crippen molar-refractivity contribution in [2.45, 2.75) is 16.5 Å². The second kappa shape index (κ2) is 10.5. The van der Waals surface area contributed by atoms with E-state index in [0.29, 0.717) is 34.4 Å². The Balaban J connectivity index is 1.51. The van der Waals surface area contributed by atoms with Gasteiger partial charge in [0, 0.05) is 40.8 Å². The first-order valence-corrected chi connectivity index (χ1v) is 10.7. The zero-order valence-electron chi connectivity index (χ0n) is 17.4. The molecule has 0 atom stereocenters. The predicted molar refractivity (Wildman–Crippen MR) is 124 cm³/mol. The molecule has 7 heteroatoms. The van der Waals surface area contributed by atoms with Gasteiger partial charge in [0.25, 0.3) is 5.91 Å². The summed E-state index contributed by atoms with van der Waals surface area (Å²) in [7, 11) is 1.58. The number of benzene rings is 2. The van der Waals surface area contributed by atoms with Crippen molar-refractivity contribution in [3.05, 3.63) is 103 Å². The molecule has 4 rings (SSSR count). The van der Waals surface area contributed by atoms with E-state index < -0.39 is 0 Å². The number of ether oxygens (including phenoxy) is 2. The van der Waals surface area contributed by atoms with Crippen molar-refractivity contribution in [3.8, 4) is 11.5 Å². The van der Waals surface area contributed by atoms with Gasteiger partial charge in [0.15, 0.2) is 11.5 Å². The lowest BCUT2D eigenvalue weighted by atomic mass is 10.2. The standard InChI is InChI=1S/C25H21N3O3S/c1-30-22-12-11-19(15-23(22)31-17-18-7-5-13-26-16-18)28-24(29)21-10-6-14-27-25(21)32-20-8-3-2-4-9-20/h2-16H,17H2,1H3,(H,28,29). The Kier molecular flexibility index (Phi) is 6.99. The third-order valence-electron chi connectivity index (χ3n) is 4.51. The van der Waals surface area contributed by atoms with Crippen LogP contribution in [0.3, 0.4) is 0 Å². The summed E-state index contributed by atoms with van der Waals surface area (Å²) in [4.78, 5) is 22.5. The predicted octanol–water partition coefficient (Wildman–Crippen LogP) is 5.47. The molecule has 2 aromatic carbocycles. The molecule has 2 heterocycles. The second-order valence-corrected chi connectivity index (χ2v) is 7.80. The molecule has 0 radical (unpaired) electrons. The molecular formula is C25H21N3O3S. The van der Waals surface area contributed by atoms with E-state index in [1.807, 2.05) is 42.5 Å². The molecule has 0 spiro atoms. The van der Waals surface area contributed by atoms with E-state index in [0.717, 1.165) is 10.5 Å². The Morgan fingerprint density at radius 3 is 2.59 bits per heavy atom. The van der Waals surface area contributed by atoms with Gasteiger partial charge in [-0.2, -0.15) is 0 Å². The van der Waals surface area contributed by atoms with Gasteiger partial charge in [0.1, 0.15) is 11.6 Å². The van der Waals surface area contributed by atoms with Crippen LogP contribution in [0.1, 0.15) is 15.9 Å². The first-order chi connectivity index (χ1) is 15.7. The number of hydrogen-bond donors (Lipinski definition) is 1. The van der Waals surface area contributed by atoms with Crippen molar-refractivity contribution in [1.82, 2.24) is 9.97 Å². The molecule has 0 saturated heterocycles. The summed E-state index contributed by atoms with van der Waals surface area (Å²) >= 11 is 1.45. The maximum atomic E-state index is 13.0. The monoisotopic (exact) mass is 443 g/mol. The molecule has 0 aliphatic rings. The molecule has 160 valence electrons. The van der Waals surface area contributed by atoms with Gasteiger partial charge in [-0.25, -0.2) is 4.98 Å². The lowest BCUT2D eigenvalue weighted by molar-refractivity contribution is 0.102. The Hall–Kier alpha value is -3.84. The quantitative estimate of drug-likeness (QED) is 0.389. The van der Waals surface area contributed by atoms with Gasteiger partial charge < -0.3 is 14.8 Å². The van der Waals surface area contributed by atoms with Crippen molar-refractivity contribution in [2.75, 3.05) is 12.4 Å². The van der Waals surface area contributed by atoms with E-state index >= 15 is 0 Å². The molecule has 6 nitrogen and oxygen atoms in total. The Morgan fingerprint density at radius 1 is 0.969 bits per heavy atom. The lowest BCUT2D eigenvalue weighted by Crippen LogP contribution is -2.13. The highest BCUT2D eigenvalue weighted by molar-refractivity contribution is 7.99. The first-order valence-electron chi connectivity index (χ1n) is 9.92. The lowest BCUT2D eigenvalue weighted by Gasteiger charge is -2.14. The van der Waals surface area contributed by atoms with Crippen LogP contribution in [0, 0.1) is 0 Å². The SMILES string of the molecule is COc1ccc(NC(=O)c2cccnc2Sc2ccccc2)cc1OCc1cccnc1. The van der Waals surface area contributed by atoms with Gasteiger partial charge in [-0.15, -0.1) is 0 Å². The van der Waals surface area contributed by atoms with Crippen molar-refractivity contribution < 1.29 is 14.3 Å². The van der Waals surface area contributed by atoms with Gasteiger partial charge >= 0.3 is 0 Å². The van der Waals surface area contributed by atoms with Crippen LogP contribution in [0.4, 0.5) is 5.69 Å². The highest BCUT2D eigenvalue weighted by atomic mass is 32.2. The Morgan fingerprint density at radius 2 is 1.81 bits per heavy atom. The summed E-state index contributed by atoms with van der Waals surface area (Å²) < 4.78 is 11.3. The molecular weight excluding hydrogens is 422 g/mol. The van der Waals surface area contributed by atoms with Crippen LogP contribution in [-0.2, 0) is 6.61 Å². The van der Waals surface area contributed by atoms with E-state index in [1.54, 1.807) is 56.0 Å². The zero-order chi connectivity index (χ0) is 22.2. The zero-order valence-corrected chi connectivity index (χ0v) is 18.2. The fourth-order valence-electron chi connectivity index (χ4n) is 2.96. The number of rotatable bonds is 8. The number of anilines is 1. The van der Waals surface area contributed by atoms with Crippen molar-refractivity contribution >= 4 is 23.4 Å². The second-order valence-electron chi connectivity index (χ2n) is 6.74. The molecule has 2 aromatic heterocycles. The summed E-state index contributed by atoms with van der Waals surface area (Å²) in [6, 6.07) is 22.4. The number of carbonyl (C=O) groups excluding carboxylic acids is 1. The number of carbonyl (C=O) groups is 1. The normalized spacial score (nSPS) is 10.4. The highest BCUT2D eigenvalue weighted by Gasteiger charge is 2.15. The van der Waals surface area contributed by atoms with E-state index in [4.69, 9.17) is 9.47 Å². The fraction of sp³-hybridized carbons (Fsp3) is 0.0800. The minimum Gasteiger partial charge on any atom is -0.493 e. The van der Waals surface area contributed by atoms with Crippen molar-refractivity contribution in [1.29, 1.82) is 0 Å². The first kappa shape index (κ1) is 21.4. The summed E-state index contributed by atoms with van der Waals surface area (Å²) in [5, 5.41) is 3.57. The molecule has 0 aliphatic carbocycles. The topological polar surface area (TPSA) is 73.3 Å². The van der Waals surface area contributed by atoms with Crippen LogP contribution in [0.5, 0.6) is 11.5 Å². The number of pyridine rings is 2. The molecule has 1 N–H and O–H groups in total. The molecule has 0 fully saturated rings. The summed E-state index contributed by atoms with van der Waals surface area (Å²) in [5.74, 6) is 0.854. The van der Waals surface area contributed by atoms with Crippen LogP contribution >= 0.6 is 11.8 Å². The largest absolute Gasteiger partial charge is 0.493 e. The highest BCUT2D eigenvalue weighted by Crippen LogP contribution is 2.32. The smallest absolute Gasteiger partial charge is 0.258 e. The third-order valence-corrected chi connectivity index (χ3v) is 5.54. The average Bonchev–Trinajstić information content (AvgIpc) is 2.84. The number of nitrogens with one attached hydrogen (secondary N) is 1. The average molecular weight is 444 g/mol. The minimum absolute atomic E-state index is 0.250. The number of aromatic nitrogens is 2. The molecule has 4 aromatic rings. The van der Waals surface area contributed by atoms with E-state index in [9.17, 15) is 4.79 Å². The van der Waals surface area contributed by atoms with Gasteiger partial charge in [-0.3, -0.25) is 9.78 Å². The van der Waals surface area contributed by atoms with Gasteiger partial charge in [0.2, 0.25) is 0 Å². The van der Waals surface area contributed by atoms with E-state index in [2.05, 4.69) is 15.3 Å². The maximum Gasteiger partial charge on any atom is 0.258 e. The summed E-state index contributed by atoms with van der Waals surface area (Å²) in [6.45, 7) is 0.335. The molecule has 1 amide bonds. The summed E-state index contributed by atoms with van der Waals surface area (Å²) in [6.07, 6.45) is 5.13.